The summed E-state index contributed by atoms with van der Waals surface area (Å²) >= 11 is 6.26. The largest absolute Gasteiger partial charge is 0.381 e. The van der Waals surface area contributed by atoms with E-state index in [1.807, 2.05) is 12.1 Å². The lowest BCUT2D eigenvalue weighted by atomic mass is 10.1. The fraction of sp³-hybridized carbons (Fsp3) is 0.688. The van der Waals surface area contributed by atoms with E-state index in [9.17, 15) is 0 Å². The fourth-order valence-electron chi connectivity index (χ4n) is 2.57. The Hall–Kier alpha value is -0.840. The van der Waals surface area contributed by atoms with E-state index >= 15 is 0 Å². The highest BCUT2D eigenvalue weighted by atomic mass is 35.5. The lowest BCUT2D eigenvalue weighted by Gasteiger charge is -2.32. The van der Waals surface area contributed by atoms with Gasteiger partial charge in [-0.3, -0.25) is 0 Å². The Morgan fingerprint density at radius 3 is 2.71 bits per heavy atom. The Labute approximate surface area is 132 Å². The molecular weight excluding hydrogens is 286 g/mol. The highest BCUT2D eigenvalue weighted by Gasteiger charge is 2.20. The summed E-state index contributed by atoms with van der Waals surface area (Å²) in [5.74, 6) is 1.65. The number of anilines is 1. The molecule has 1 N–H and O–H groups in total. The summed E-state index contributed by atoms with van der Waals surface area (Å²) in [6.07, 6.45) is 2.50. The van der Waals surface area contributed by atoms with Gasteiger partial charge in [-0.1, -0.05) is 25.4 Å². The first kappa shape index (κ1) is 16.5. The topological polar surface area (TPSA) is 37.4 Å². The van der Waals surface area contributed by atoms with Crippen molar-refractivity contribution in [2.75, 3.05) is 31.6 Å². The zero-order valence-corrected chi connectivity index (χ0v) is 14.0. The number of hydrogen-bond acceptors (Lipinski definition) is 4. The van der Waals surface area contributed by atoms with Crippen molar-refractivity contribution in [2.24, 2.45) is 5.92 Å². The average molecular weight is 312 g/mol. The summed E-state index contributed by atoms with van der Waals surface area (Å²) in [4.78, 5) is 7.05. The van der Waals surface area contributed by atoms with Crippen molar-refractivity contribution in [1.82, 2.24) is 10.3 Å². The van der Waals surface area contributed by atoms with Gasteiger partial charge in [0.1, 0.15) is 5.82 Å². The van der Waals surface area contributed by atoms with Crippen LogP contribution in [0.2, 0.25) is 5.02 Å². The fourth-order valence-corrected chi connectivity index (χ4v) is 2.74. The molecule has 0 spiro atoms. The van der Waals surface area contributed by atoms with Crippen molar-refractivity contribution in [2.45, 2.75) is 39.3 Å². The Morgan fingerprint density at radius 1 is 1.38 bits per heavy atom. The molecular formula is C16H26ClN3O. The van der Waals surface area contributed by atoms with Gasteiger partial charge in [0.25, 0.3) is 0 Å². The van der Waals surface area contributed by atoms with Crippen LogP contribution in [0, 0.1) is 5.92 Å². The summed E-state index contributed by atoms with van der Waals surface area (Å²) in [6.45, 7) is 8.07. The van der Waals surface area contributed by atoms with E-state index in [-0.39, 0.29) is 0 Å². The van der Waals surface area contributed by atoms with Crippen LogP contribution in [0.5, 0.6) is 0 Å². The van der Waals surface area contributed by atoms with Crippen LogP contribution in [0.4, 0.5) is 5.82 Å². The SMILES string of the molecule is COC1CCN(c2ccc(Cl)c(CNCC(C)C)n2)CC1. The average Bonchev–Trinajstić information content (AvgIpc) is 2.49. The number of piperidine rings is 1. The molecule has 0 radical (unpaired) electrons. The number of rotatable bonds is 6. The van der Waals surface area contributed by atoms with E-state index in [1.165, 1.54) is 0 Å². The van der Waals surface area contributed by atoms with Gasteiger partial charge in [0.15, 0.2) is 0 Å². The maximum absolute atomic E-state index is 6.26. The van der Waals surface area contributed by atoms with Crippen LogP contribution in [0.1, 0.15) is 32.4 Å². The molecule has 0 bridgehead atoms. The number of hydrogen-bond donors (Lipinski definition) is 1. The van der Waals surface area contributed by atoms with Crippen LogP contribution < -0.4 is 10.2 Å². The molecule has 0 unspecified atom stereocenters. The van der Waals surface area contributed by atoms with Gasteiger partial charge in [0.05, 0.1) is 16.8 Å². The molecule has 1 aromatic heterocycles. The van der Waals surface area contributed by atoms with E-state index in [0.29, 0.717) is 12.0 Å². The number of halogens is 1. The molecule has 0 atom stereocenters. The standard InChI is InChI=1S/C16H26ClN3O/c1-12(2)10-18-11-15-14(17)4-5-16(19-15)20-8-6-13(21-3)7-9-20/h4-5,12-13,18H,6-11H2,1-3H3. The summed E-state index contributed by atoms with van der Waals surface area (Å²) in [6, 6.07) is 3.97. The molecule has 1 aliphatic heterocycles. The molecule has 1 aliphatic rings. The zero-order chi connectivity index (χ0) is 15.2. The number of ether oxygens (including phenoxy) is 1. The molecule has 0 saturated carbocycles. The van der Waals surface area contributed by atoms with Crippen LogP contribution in [-0.4, -0.2) is 37.8 Å². The normalized spacial score (nSPS) is 16.7. The van der Waals surface area contributed by atoms with Gasteiger partial charge in [0.2, 0.25) is 0 Å². The molecule has 0 amide bonds. The number of methoxy groups -OCH3 is 1. The highest BCUT2D eigenvalue weighted by molar-refractivity contribution is 6.31. The second-order valence-electron chi connectivity index (χ2n) is 6.04. The second kappa shape index (κ2) is 7.97. The van der Waals surface area contributed by atoms with Crippen molar-refractivity contribution in [3.05, 3.63) is 22.8 Å². The minimum atomic E-state index is 0.390. The molecule has 1 saturated heterocycles. The second-order valence-corrected chi connectivity index (χ2v) is 6.45. The third kappa shape index (κ3) is 4.83. The lowest BCUT2D eigenvalue weighted by Crippen LogP contribution is -2.37. The maximum atomic E-state index is 6.26. The number of nitrogens with zero attached hydrogens (tertiary/aromatic N) is 2. The van der Waals surface area contributed by atoms with Gasteiger partial charge in [-0.15, -0.1) is 0 Å². The first-order valence-electron chi connectivity index (χ1n) is 7.74. The molecule has 21 heavy (non-hydrogen) atoms. The van der Waals surface area contributed by atoms with E-state index < -0.39 is 0 Å². The Balaban J connectivity index is 1.98. The first-order chi connectivity index (χ1) is 10.1. The van der Waals surface area contributed by atoms with Crippen LogP contribution in [0.25, 0.3) is 0 Å². The predicted octanol–water partition coefficient (Wildman–Crippen LogP) is 3.10. The molecule has 118 valence electrons. The Bertz CT molecular complexity index is 445. The van der Waals surface area contributed by atoms with E-state index in [4.69, 9.17) is 21.3 Å². The predicted molar refractivity (Wildman–Crippen MR) is 88.0 cm³/mol. The van der Waals surface area contributed by atoms with Crippen molar-refractivity contribution in [1.29, 1.82) is 0 Å². The van der Waals surface area contributed by atoms with Crippen LogP contribution in [0.15, 0.2) is 12.1 Å². The molecule has 1 fully saturated rings. The van der Waals surface area contributed by atoms with Gasteiger partial charge < -0.3 is 15.0 Å². The molecule has 0 aliphatic carbocycles. The summed E-state index contributed by atoms with van der Waals surface area (Å²) < 4.78 is 5.42. The highest BCUT2D eigenvalue weighted by Crippen LogP contribution is 2.23. The van der Waals surface area contributed by atoms with Crippen molar-refractivity contribution in [3.8, 4) is 0 Å². The van der Waals surface area contributed by atoms with E-state index in [1.54, 1.807) is 7.11 Å². The quantitative estimate of drug-likeness (QED) is 0.876. The number of aromatic nitrogens is 1. The third-order valence-corrected chi connectivity index (χ3v) is 4.19. The molecule has 2 rings (SSSR count). The zero-order valence-electron chi connectivity index (χ0n) is 13.2. The maximum Gasteiger partial charge on any atom is 0.128 e. The summed E-state index contributed by atoms with van der Waals surface area (Å²) in [7, 11) is 1.79. The summed E-state index contributed by atoms with van der Waals surface area (Å²) in [5.41, 5.74) is 0.934. The minimum Gasteiger partial charge on any atom is -0.381 e. The summed E-state index contributed by atoms with van der Waals surface area (Å²) in [5, 5.41) is 4.14. The van der Waals surface area contributed by atoms with E-state index in [2.05, 4.69) is 24.1 Å². The Morgan fingerprint density at radius 2 is 2.10 bits per heavy atom. The van der Waals surface area contributed by atoms with Gasteiger partial charge in [-0.05, 0) is 37.4 Å². The Kier molecular flexibility index (Phi) is 6.27. The third-order valence-electron chi connectivity index (χ3n) is 3.85. The van der Waals surface area contributed by atoms with Gasteiger partial charge in [0, 0.05) is 26.7 Å². The monoisotopic (exact) mass is 311 g/mol. The molecule has 0 aromatic carbocycles. The molecule has 4 nitrogen and oxygen atoms in total. The van der Waals surface area contributed by atoms with Crippen molar-refractivity contribution >= 4 is 17.4 Å². The minimum absolute atomic E-state index is 0.390. The molecule has 1 aromatic rings. The van der Waals surface area contributed by atoms with Crippen LogP contribution >= 0.6 is 11.6 Å². The van der Waals surface area contributed by atoms with E-state index in [0.717, 1.165) is 55.6 Å². The van der Waals surface area contributed by atoms with Gasteiger partial charge in [-0.2, -0.15) is 0 Å². The van der Waals surface area contributed by atoms with Crippen molar-refractivity contribution in [3.63, 3.8) is 0 Å². The lowest BCUT2D eigenvalue weighted by molar-refractivity contribution is 0.0818. The van der Waals surface area contributed by atoms with Crippen LogP contribution in [-0.2, 0) is 11.3 Å². The van der Waals surface area contributed by atoms with Gasteiger partial charge in [-0.25, -0.2) is 4.98 Å². The molecule has 5 heteroatoms. The number of nitrogens with one attached hydrogen (secondary N) is 1. The first-order valence-corrected chi connectivity index (χ1v) is 8.11. The number of pyridine rings is 1. The van der Waals surface area contributed by atoms with Gasteiger partial charge >= 0.3 is 0 Å². The van der Waals surface area contributed by atoms with Crippen molar-refractivity contribution < 1.29 is 4.74 Å². The molecule has 2 heterocycles. The smallest absolute Gasteiger partial charge is 0.128 e. The van der Waals surface area contributed by atoms with Crippen LogP contribution in [0.3, 0.4) is 0 Å².